The highest BCUT2D eigenvalue weighted by molar-refractivity contribution is 6.31. The van der Waals surface area contributed by atoms with E-state index in [-0.39, 0.29) is 24.3 Å². The molecule has 1 N–H and O–H groups in total. The predicted octanol–water partition coefficient (Wildman–Crippen LogP) is 3.53. The highest BCUT2D eigenvalue weighted by atomic mass is 35.5. The fourth-order valence-corrected chi connectivity index (χ4v) is 2.89. The Balaban J connectivity index is 1.68. The molecule has 2 amide bonds. The molecule has 1 heterocycles. The third-order valence-electron chi connectivity index (χ3n) is 3.69. The average molecular weight is 349 g/mol. The summed E-state index contributed by atoms with van der Waals surface area (Å²) in [5.41, 5.74) is 1.26. The molecule has 0 spiro atoms. The van der Waals surface area contributed by atoms with E-state index >= 15 is 0 Å². The standard InChI is InChI=1S/C17H14Cl2N2O2/c18-12-4-6-15(7-5-12)21-10-14(9-16(21)22)20-17(23)11-2-1-3-13(19)8-11/h1-8,14H,9-10H2,(H,20,23)/t14-/m1/s1. The second-order valence-electron chi connectivity index (χ2n) is 5.37. The molecule has 2 aromatic rings. The van der Waals surface area contributed by atoms with E-state index in [1.54, 1.807) is 53.4 Å². The van der Waals surface area contributed by atoms with Gasteiger partial charge >= 0.3 is 0 Å². The zero-order chi connectivity index (χ0) is 16.4. The molecule has 118 valence electrons. The van der Waals surface area contributed by atoms with Gasteiger partial charge in [0.25, 0.3) is 5.91 Å². The van der Waals surface area contributed by atoms with Crippen LogP contribution in [0, 0.1) is 0 Å². The molecule has 1 fully saturated rings. The molecule has 23 heavy (non-hydrogen) atoms. The molecule has 0 radical (unpaired) electrons. The predicted molar refractivity (Wildman–Crippen MR) is 91.1 cm³/mol. The SMILES string of the molecule is O=C(N[C@@H]1CC(=O)N(c2ccc(Cl)cc2)C1)c1cccc(Cl)c1. The summed E-state index contributed by atoms with van der Waals surface area (Å²) in [4.78, 5) is 26.0. The zero-order valence-electron chi connectivity index (χ0n) is 12.1. The summed E-state index contributed by atoms with van der Waals surface area (Å²) >= 11 is 11.8. The van der Waals surface area contributed by atoms with Gasteiger partial charge < -0.3 is 10.2 Å². The van der Waals surface area contributed by atoms with Crippen molar-refractivity contribution in [2.45, 2.75) is 12.5 Å². The van der Waals surface area contributed by atoms with E-state index in [0.717, 1.165) is 5.69 Å². The highest BCUT2D eigenvalue weighted by Crippen LogP contribution is 2.23. The maximum atomic E-state index is 12.2. The Bertz CT molecular complexity index is 747. The van der Waals surface area contributed by atoms with Gasteiger partial charge in [-0.3, -0.25) is 9.59 Å². The van der Waals surface area contributed by atoms with Gasteiger partial charge in [0.1, 0.15) is 0 Å². The highest BCUT2D eigenvalue weighted by Gasteiger charge is 2.31. The van der Waals surface area contributed by atoms with E-state index in [1.165, 1.54) is 0 Å². The number of nitrogens with zero attached hydrogens (tertiary/aromatic N) is 1. The fraction of sp³-hybridized carbons (Fsp3) is 0.176. The molecule has 1 saturated heterocycles. The van der Waals surface area contributed by atoms with E-state index in [9.17, 15) is 9.59 Å². The number of hydrogen-bond acceptors (Lipinski definition) is 2. The Labute approximate surface area is 144 Å². The van der Waals surface area contributed by atoms with Crippen LogP contribution in [-0.2, 0) is 4.79 Å². The number of carbonyl (C=O) groups excluding carboxylic acids is 2. The molecule has 0 aromatic heterocycles. The fourth-order valence-electron chi connectivity index (χ4n) is 2.57. The van der Waals surface area contributed by atoms with Crippen molar-refractivity contribution < 1.29 is 9.59 Å². The number of carbonyl (C=O) groups is 2. The molecule has 1 aliphatic heterocycles. The van der Waals surface area contributed by atoms with Crippen LogP contribution >= 0.6 is 23.2 Å². The number of rotatable bonds is 3. The first-order valence-electron chi connectivity index (χ1n) is 7.15. The lowest BCUT2D eigenvalue weighted by molar-refractivity contribution is -0.117. The van der Waals surface area contributed by atoms with Crippen LogP contribution in [0.5, 0.6) is 0 Å². The van der Waals surface area contributed by atoms with Crippen LogP contribution in [0.15, 0.2) is 48.5 Å². The lowest BCUT2D eigenvalue weighted by Crippen LogP contribution is -2.37. The van der Waals surface area contributed by atoms with Crippen molar-refractivity contribution in [3.63, 3.8) is 0 Å². The van der Waals surface area contributed by atoms with Crippen LogP contribution < -0.4 is 10.2 Å². The summed E-state index contributed by atoms with van der Waals surface area (Å²) in [5.74, 6) is -0.257. The summed E-state index contributed by atoms with van der Waals surface area (Å²) in [5, 5.41) is 4.00. The lowest BCUT2D eigenvalue weighted by Gasteiger charge is -2.17. The van der Waals surface area contributed by atoms with Gasteiger partial charge in [-0.1, -0.05) is 29.3 Å². The van der Waals surface area contributed by atoms with Crippen LogP contribution in [0.4, 0.5) is 5.69 Å². The number of nitrogens with one attached hydrogen (secondary N) is 1. The molecule has 0 saturated carbocycles. The second-order valence-corrected chi connectivity index (χ2v) is 6.24. The Morgan fingerprint density at radius 1 is 1.09 bits per heavy atom. The number of hydrogen-bond donors (Lipinski definition) is 1. The van der Waals surface area contributed by atoms with Crippen LogP contribution in [0.1, 0.15) is 16.8 Å². The number of benzene rings is 2. The average Bonchev–Trinajstić information content (AvgIpc) is 2.88. The smallest absolute Gasteiger partial charge is 0.251 e. The molecule has 6 heteroatoms. The first-order valence-corrected chi connectivity index (χ1v) is 7.91. The molecule has 0 bridgehead atoms. The van der Waals surface area contributed by atoms with Crippen LogP contribution in [0.25, 0.3) is 0 Å². The van der Waals surface area contributed by atoms with Gasteiger partial charge in [0.15, 0.2) is 0 Å². The van der Waals surface area contributed by atoms with Gasteiger partial charge in [-0.15, -0.1) is 0 Å². The molecule has 4 nitrogen and oxygen atoms in total. The molecular formula is C17H14Cl2N2O2. The number of anilines is 1. The largest absolute Gasteiger partial charge is 0.347 e. The molecule has 1 aliphatic rings. The first-order chi connectivity index (χ1) is 11.0. The molecule has 2 aromatic carbocycles. The van der Waals surface area contributed by atoms with Crippen molar-refractivity contribution in [3.05, 3.63) is 64.1 Å². The van der Waals surface area contributed by atoms with E-state index in [4.69, 9.17) is 23.2 Å². The monoisotopic (exact) mass is 348 g/mol. The Kier molecular flexibility index (Phi) is 4.55. The van der Waals surface area contributed by atoms with Crippen molar-refractivity contribution >= 4 is 40.7 Å². The minimum atomic E-state index is -0.233. The van der Waals surface area contributed by atoms with Gasteiger partial charge in [0.2, 0.25) is 5.91 Å². The van der Waals surface area contributed by atoms with Crippen molar-refractivity contribution in [2.75, 3.05) is 11.4 Å². The Morgan fingerprint density at radius 3 is 2.52 bits per heavy atom. The minimum absolute atomic E-state index is 0.0243. The van der Waals surface area contributed by atoms with E-state index in [1.807, 2.05) is 0 Å². The lowest BCUT2D eigenvalue weighted by atomic mass is 10.2. The molecule has 3 rings (SSSR count). The van der Waals surface area contributed by atoms with Crippen molar-refractivity contribution in [2.24, 2.45) is 0 Å². The van der Waals surface area contributed by atoms with Gasteiger partial charge in [-0.25, -0.2) is 0 Å². The Hall–Kier alpha value is -2.04. The van der Waals surface area contributed by atoms with E-state index in [2.05, 4.69) is 5.32 Å². The van der Waals surface area contributed by atoms with Crippen LogP contribution in [0.3, 0.4) is 0 Å². The summed E-state index contributed by atoms with van der Waals surface area (Å²) in [7, 11) is 0. The van der Waals surface area contributed by atoms with Crippen molar-refractivity contribution in [3.8, 4) is 0 Å². The minimum Gasteiger partial charge on any atom is -0.347 e. The number of halogens is 2. The summed E-state index contributed by atoms with van der Waals surface area (Å²) in [6.07, 6.45) is 0.273. The topological polar surface area (TPSA) is 49.4 Å². The zero-order valence-corrected chi connectivity index (χ0v) is 13.6. The maximum Gasteiger partial charge on any atom is 0.251 e. The van der Waals surface area contributed by atoms with Gasteiger partial charge in [0, 0.05) is 34.3 Å². The number of amides is 2. The maximum absolute atomic E-state index is 12.2. The second kappa shape index (κ2) is 6.60. The van der Waals surface area contributed by atoms with Crippen molar-refractivity contribution in [1.29, 1.82) is 0 Å². The Morgan fingerprint density at radius 2 is 1.83 bits per heavy atom. The third kappa shape index (κ3) is 3.66. The van der Waals surface area contributed by atoms with Gasteiger partial charge in [0.05, 0.1) is 6.04 Å². The van der Waals surface area contributed by atoms with Gasteiger partial charge in [-0.05, 0) is 42.5 Å². The normalized spacial score (nSPS) is 17.4. The van der Waals surface area contributed by atoms with Crippen LogP contribution in [0.2, 0.25) is 10.0 Å². The van der Waals surface area contributed by atoms with Gasteiger partial charge in [-0.2, -0.15) is 0 Å². The third-order valence-corrected chi connectivity index (χ3v) is 4.17. The molecule has 0 unspecified atom stereocenters. The van der Waals surface area contributed by atoms with Crippen LogP contribution in [-0.4, -0.2) is 24.4 Å². The summed E-state index contributed by atoms with van der Waals surface area (Å²) < 4.78 is 0. The molecule has 0 aliphatic carbocycles. The quantitative estimate of drug-likeness (QED) is 0.922. The molecular weight excluding hydrogens is 335 g/mol. The van der Waals surface area contributed by atoms with E-state index in [0.29, 0.717) is 22.2 Å². The molecule has 1 atom stereocenters. The first kappa shape index (κ1) is 15.8. The van der Waals surface area contributed by atoms with E-state index < -0.39 is 0 Å². The summed E-state index contributed by atoms with van der Waals surface area (Å²) in [6.45, 7) is 0.437. The summed E-state index contributed by atoms with van der Waals surface area (Å²) in [6, 6.07) is 13.5. The van der Waals surface area contributed by atoms with Crippen molar-refractivity contribution in [1.82, 2.24) is 5.32 Å².